The summed E-state index contributed by atoms with van der Waals surface area (Å²) < 4.78 is 0. The van der Waals surface area contributed by atoms with Gasteiger partial charge in [0, 0.05) is 18.8 Å². The van der Waals surface area contributed by atoms with Crippen LogP contribution < -0.4 is 5.32 Å². The molecule has 1 aromatic carbocycles. The molecule has 1 aromatic rings. The Morgan fingerprint density at radius 2 is 1.94 bits per heavy atom. The zero-order valence-electron chi connectivity index (χ0n) is 12.0. The predicted octanol–water partition coefficient (Wildman–Crippen LogP) is 3.45. The highest BCUT2D eigenvalue weighted by Crippen LogP contribution is 2.17. The summed E-state index contributed by atoms with van der Waals surface area (Å²) in [6.07, 6.45) is 2.73. The Labute approximate surface area is 111 Å². The number of nitrogens with one attached hydrogen (secondary N) is 1. The fraction of sp³-hybridized carbons (Fsp3) is 0.625. The van der Waals surface area contributed by atoms with Crippen molar-refractivity contribution in [3.05, 3.63) is 29.3 Å². The highest BCUT2D eigenvalue weighted by atomic mass is 15.1. The first-order chi connectivity index (χ1) is 8.65. The van der Waals surface area contributed by atoms with Gasteiger partial charge in [0.15, 0.2) is 0 Å². The fourth-order valence-electron chi connectivity index (χ4n) is 2.65. The van der Waals surface area contributed by atoms with Crippen LogP contribution in [0.25, 0.3) is 0 Å². The highest BCUT2D eigenvalue weighted by Gasteiger charge is 2.14. The van der Waals surface area contributed by atoms with E-state index in [1.54, 1.807) is 0 Å². The van der Waals surface area contributed by atoms with Crippen molar-refractivity contribution in [2.24, 2.45) is 5.92 Å². The number of nitrogens with zero attached hydrogens (tertiary/aromatic N) is 1. The minimum Gasteiger partial charge on any atom is -0.384 e. The van der Waals surface area contributed by atoms with Gasteiger partial charge in [0.2, 0.25) is 0 Å². The van der Waals surface area contributed by atoms with E-state index in [1.807, 2.05) is 0 Å². The second kappa shape index (κ2) is 6.24. The summed E-state index contributed by atoms with van der Waals surface area (Å²) in [7, 11) is 0. The number of hydrogen-bond acceptors (Lipinski definition) is 2. The minimum atomic E-state index is 0.925. The summed E-state index contributed by atoms with van der Waals surface area (Å²) in [4.78, 5) is 2.58. The minimum absolute atomic E-state index is 0.925. The molecule has 18 heavy (non-hydrogen) atoms. The van der Waals surface area contributed by atoms with Gasteiger partial charge in [0.25, 0.3) is 0 Å². The van der Waals surface area contributed by atoms with E-state index in [2.05, 4.69) is 49.2 Å². The molecule has 0 bridgehead atoms. The standard InChI is InChI=1S/C16H26N2/c1-13-6-9-18(10-7-13)11-8-17-16-5-4-14(2)12-15(16)3/h4-5,12-13,17H,6-11H2,1-3H3. The van der Waals surface area contributed by atoms with Crippen LogP contribution in [0, 0.1) is 19.8 Å². The Balaban J connectivity index is 1.75. The molecule has 100 valence electrons. The van der Waals surface area contributed by atoms with Crippen molar-refractivity contribution in [1.82, 2.24) is 4.90 Å². The molecular weight excluding hydrogens is 220 g/mol. The van der Waals surface area contributed by atoms with Gasteiger partial charge in [-0.05, 0) is 57.3 Å². The largest absolute Gasteiger partial charge is 0.384 e. The maximum atomic E-state index is 3.56. The van der Waals surface area contributed by atoms with E-state index in [9.17, 15) is 0 Å². The van der Waals surface area contributed by atoms with Crippen LogP contribution in [0.4, 0.5) is 5.69 Å². The molecular formula is C16H26N2. The number of hydrogen-bond donors (Lipinski definition) is 1. The highest BCUT2D eigenvalue weighted by molar-refractivity contribution is 5.51. The number of piperidine rings is 1. The zero-order chi connectivity index (χ0) is 13.0. The van der Waals surface area contributed by atoms with Crippen molar-refractivity contribution in [2.75, 3.05) is 31.5 Å². The van der Waals surface area contributed by atoms with E-state index >= 15 is 0 Å². The van der Waals surface area contributed by atoms with E-state index in [4.69, 9.17) is 0 Å². The molecule has 0 aliphatic carbocycles. The van der Waals surface area contributed by atoms with Gasteiger partial charge in [-0.25, -0.2) is 0 Å². The number of aryl methyl sites for hydroxylation is 2. The number of rotatable bonds is 4. The van der Waals surface area contributed by atoms with E-state index in [1.165, 1.54) is 49.3 Å². The van der Waals surface area contributed by atoms with Crippen molar-refractivity contribution in [1.29, 1.82) is 0 Å². The number of anilines is 1. The van der Waals surface area contributed by atoms with Crippen molar-refractivity contribution >= 4 is 5.69 Å². The summed E-state index contributed by atoms with van der Waals surface area (Å²) in [5, 5.41) is 3.56. The van der Waals surface area contributed by atoms with E-state index < -0.39 is 0 Å². The lowest BCUT2D eigenvalue weighted by Crippen LogP contribution is -2.36. The fourth-order valence-corrected chi connectivity index (χ4v) is 2.65. The molecule has 1 heterocycles. The maximum absolute atomic E-state index is 3.56. The van der Waals surface area contributed by atoms with Gasteiger partial charge in [-0.3, -0.25) is 0 Å². The van der Waals surface area contributed by atoms with Crippen molar-refractivity contribution in [3.63, 3.8) is 0 Å². The van der Waals surface area contributed by atoms with Crippen molar-refractivity contribution < 1.29 is 0 Å². The van der Waals surface area contributed by atoms with Gasteiger partial charge in [0.1, 0.15) is 0 Å². The third-order valence-corrected chi connectivity index (χ3v) is 4.00. The van der Waals surface area contributed by atoms with Crippen LogP contribution in [0.1, 0.15) is 30.9 Å². The summed E-state index contributed by atoms with van der Waals surface area (Å²) in [6, 6.07) is 6.62. The summed E-state index contributed by atoms with van der Waals surface area (Å²) in [6.45, 7) is 11.5. The molecule has 0 saturated carbocycles. The summed E-state index contributed by atoms with van der Waals surface area (Å²) in [5.74, 6) is 0.925. The first-order valence-corrected chi connectivity index (χ1v) is 7.18. The molecule has 0 atom stereocenters. The molecule has 1 aliphatic rings. The van der Waals surface area contributed by atoms with Gasteiger partial charge >= 0.3 is 0 Å². The topological polar surface area (TPSA) is 15.3 Å². The van der Waals surface area contributed by atoms with Gasteiger partial charge in [-0.1, -0.05) is 24.6 Å². The first kappa shape index (κ1) is 13.4. The third-order valence-electron chi connectivity index (χ3n) is 4.00. The second-order valence-corrected chi connectivity index (χ2v) is 5.77. The van der Waals surface area contributed by atoms with Crippen LogP contribution in [0.3, 0.4) is 0 Å². The molecule has 0 aromatic heterocycles. The molecule has 2 nitrogen and oxygen atoms in total. The monoisotopic (exact) mass is 246 g/mol. The van der Waals surface area contributed by atoms with Crippen LogP contribution in [-0.4, -0.2) is 31.1 Å². The van der Waals surface area contributed by atoms with Crippen LogP contribution >= 0.6 is 0 Å². The van der Waals surface area contributed by atoms with Crippen LogP contribution in [0.2, 0.25) is 0 Å². The average Bonchev–Trinajstić information content (AvgIpc) is 2.34. The zero-order valence-corrected chi connectivity index (χ0v) is 12.0. The lowest BCUT2D eigenvalue weighted by Gasteiger charge is -2.30. The Bertz CT molecular complexity index is 379. The SMILES string of the molecule is Cc1ccc(NCCN2CCC(C)CC2)c(C)c1. The molecule has 2 rings (SSSR count). The molecule has 0 amide bonds. The van der Waals surface area contributed by atoms with Gasteiger partial charge in [-0.2, -0.15) is 0 Å². The van der Waals surface area contributed by atoms with E-state index in [0.29, 0.717) is 0 Å². The first-order valence-electron chi connectivity index (χ1n) is 7.18. The van der Waals surface area contributed by atoms with Crippen LogP contribution in [0.15, 0.2) is 18.2 Å². The quantitative estimate of drug-likeness (QED) is 0.875. The van der Waals surface area contributed by atoms with E-state index in [0.717, 1.165) is 12.5 Å². The van der Waals surface area contributed by atoms with Crippen LogP contribution in [-0.2, 0) is 0 Å². The van der Waals surface area contributed by atoms with Crippen molar-refractivity contribution in [3.8, 4) is 0 Å². The average molecular weight is 246 g/mol. The molecule has 1 N–H and O–H groups in total. The lowest BCUT2D eigenvalue weighted by molar-refractivity contribution is 0.199. The number of benzene rings is 1. The normalized spacial score (nSPS) is 17.9. The van der Waals surface area contributed by atoms with Gasteiger partial charge < -0.3 is 10.2 Å². The Hall–Kier alpha value is -1.02. The molecule has 1 saturated heterocycles. The Kier molecular flexibility index (Phi) is 4.65. The molecule has 2 heteroatoms. The Morgan fingerprint density at radius 1 is 1.22 bits per heavy atom. The summed E-state index contributed by atoms with van der Waals surface area (Å²) in [5.41, 5.74) is 3.97. The predicted molar refractivity (Wildman–Crippen MR) is 79.2 cm³/mol. The second-order valence-electron chi connectivity index (χ2n) is 5.77. The smallest absolute Gasteiger partial charge is 0.0370 e. The lowest BCUT2D eigenvalue weighted by atomic mass is 9.99. The summed E-state index contributed by atoms with van der Waals surface area (Å²) >= 11 is 0. The maximum Gasteiger partial charge on any atom is 0.0370 e. The molecule has 1 fully saturated rings. The van der Waals surface area contributed by atoms with Crippen molar-refractivity contribution in [2.45, 2.75) is 33.6 Å². The molecule has 0 unspecified atom stereocenters. The van der Waals surface area contributed by atoms with Gasteiger partial charge in [0.05, 0.1) is 0 Å². The van der Waals surface area contributed by atoms with Gasteiger partial charge in [-0.15, -0.1) is 0 Å². The third kappa shape index (κ3) is 3.74. The van der Waals surface area contributed by atoms with Crippen LogP contribution in [0.5, 0.6) is 0 Å². The number of likely N-dealkylation sites (tertiary alicyclic amines) is 1. The van der Waals surface area contributed by atoms with E-state index in [-0.39, 0.29) is 0 Å². The molecule has 0 radical (unpaired) electrons. The molecule has 0 spiro atoms. The Morgan fingerprint density at radius 3 is 2.61 bits per heavy atom. The molecule has 1 aliphatic heterocycles.